The largest absolute Gasteiger partial charge is 0.389 e. The number of aliphatic hydroxyl groups is 2. The maximum Gasteiger partial charge on any atom is 0.337 e. The highest BCUT2D eigenvalue weighted by Gasteiger charge is 2.26. The van der Waals surface area contributed by atoms with Gasteiger partial charge in [0.1, 0.15) is 6.10 Å². The Morgan fingerprint density at radius 1 is 1.59 bits per heavy atom. The Hall–Kier alpha value is -1.38. The molecule has 0 saturated carbocycles. The molecule has 2 unspecified atom stereocenters. The number of aliphatic hydroxyl groups excluding tert-OH is 2. The highest BCUT2D eigenvalue weighted by molar-refractivity contribution is 7.80. The number of pyridine rings is 1. The van der Waals surface area contributed by atoms with Gasteiger partial charge in [0.25, 0.3) is 0 Å². The number of nitrogens with zero attached hydrogens (tertiary/aromatic N) is 1. The Bertz CT molecular complexity index is 487. The van der Waals surface area contributed by atoms with E-state index in [9.17, 15) is 25.1 Å². The summed E-state index contributed by atoms with van der Waals surface area (Å²) in [7, 11) is 0. The first-order valence-corrected chi connectivity index (χ1v) is 5.37. The number of thiol groups is 1. The molecule has 0 aromatic carbocycles. The predicted octanol–water partition coefficient (Wildman–Crippen LogP) is -0.0844. The van der Waals surface area contributed by atoms with Gasteiger partial charge in [0, 0.05) is 23.1 Å². The van der Waals surface area contributed by atoms with E-state index in [0.29, 0.717) is 0 Å². The minimum atomic E-state index is -1.33. The molecule has 0 amide bonds. The van der Waals surface area contributed by atoms with Gasteiger partial charge in [0.15, 0.2) is 0 Å². The SMILES string of the molecule is Cc1c(C(O)C(O)CS)c[nH]c(=O)c1[N+](=O)[O-]. The minimum absolute atomic E-state index is 0.00642. The molecule has 2 atom stereocenters. The van der Waals surface area contributed by atoms with Crippen molar-refractivity contribution >= 4 is 18.3 Å². The van der Waals surface area contributed by atoms with Gasteiger partial charge in [-0.2, -0.15) is 12.6 Å². The zero-order valence-corrected chi connectivity index (χ0v) is 9.85. The number of hydrogen-bond donors (Lipinski definition) is 4. The van der Waals surface area contributed by atoms with Crippen molar-refractivity contribution in [3.05, 3.63) is 37.8 Å². The zero-order chi connectivity index (χ0) is 13.2. The summed E-state index contributed by atoms with van der Waals surface area (Å²) in [5, 5.41) is 29.8. The molecule has 1 aromatic heterocycles. The minimum Gasteiger partial charge on any atom is -0.389 e. The van der Waals surface area contributed by atoms with Crippen molar-refractivity contribution in [2.24, 2.45) is 0 Å². The van der Waals surface area contributed by atoms with E-state index >= 15 is 0 Å². The van der Waals surface area contributed by atoms with E-state index in [2.05, 4.69) is 17.6 Å². The topological polar surface area (TPSA) is 116 Å². The molecule has 0 aliphatic rings. The van der Waals surface area contributed by atoms with Crippen LogP contribution in [0.15, 0.2) is 11.0 Å². The lowest BCUT2D eigenvalue weighted by Crippen LogP contribution is -2.23. The van der Waals surface area contributed by atoms with Crippen LogP contribution in [-0.2, 0) is 0 Å². The first kappa shape index (κ1) is 13.7. The molecule has 0 bridgehead atoms. The summed E-state index contributed by atoms with van der Waals surface area (Å²) in [6, 6.07) is 0. The summed E-state index contributed by atoms with van der Waals surface area (Å²) in [5.74, 6) is -0.00642. The molecular weight excluding hydrogens is 248 g/mol. The second-order valence-corrected chi connectivity index (χ2v) is 3.86. The van der Waals surface area contributed by atoms with Gasteiger partial charge in [-0.15, -0.1) is 0 Å². The van der Waals surface area contributed by atoms with E-state index in [-0.39, 0.29) is 16.9 Å². The van der Waals surface area contributed by atoms with Crippen LogP contribution in [0, 0.1) is 17.0 Å². The van der Waals surface area contributed by atoms with Crippen LogP contribution in [0.1, 0.15) is 17.2 Å². The fourth-order valence-electron chi connectivity index (χ4n) is 1.46. The van der Waals surface area contributed by atoms with Gasteiger partial charge >= 0.3 is 11.2 Å². The van der Waals surface area contributed by atoms with Crippen molar-refractivity contribution < 1.29 is 15.1 Å². The smallest absolute Gasteiger partial charge is 0.337 e. The van der Waals surface area contributed by atoms with Crippen molar-refractivity contribution in [2.75, 3.05) is 5.75 Å². The Morgan fingerprint density at radius 2 is 2.18 bits per heavy atom. The standard InChI is InChI=1S/C9H12N2O5S/c1-4-5(8(13)6(12)3-17)2-10-9(14)7(4)11(15)16/h2,6,8,12-13,17H,3H2,1H3,(H,10,14). The van der Waals surface area contributed by atoms with Gasteiger partial charge in [0.2, 0.25) is 0 Å². The lowest BCUT2D eigenvalue weighted by molar-refractivity contribution is -0.387. The number of nitrogens with one attached hydrogen (secondary N) is 1. The van der Waals surface area contributed by atoms with Crippen molar-refractivity contribution in [3.8, 4) is 0 Å². The fourth-order valence-corrected chi connectivity index (χ4v) is 1.66. The Kier molecular flexibility index (Phi) is 4.27. The normalized spacial score (nSPS) is 14.4. The number of H-pyrrole nitrogens is 1. The zero-order valence-electron chi connectivity index (χ0n) is 8.95. The second-order valence-electron chi connectivity index (χ2n) is 3.50. The van der Waals surface area contributed by atoms with Crippen LogP contribution in [0.25, 0.3) is 0 Å². The van der Waals surface area contributed by atoms with Crippen LogP contribution in [0.3, 0.4) is 0 Å². The third-order valence-electron chi connectivity index (χ3n) is 2.41. The maximum atomic E-state index is 11.2. The first-order valence-electron chi connectivity index (χ1n) is 4.73. The number of aromatic nitrogens is 1. The van der Waals surface area contributed by atoms with Gasteiger partial charge in [0.05, 0.1) is 11.0 Å². The van der Waals surface area contributed by atoms with Gasteiger partial charge in [-0.25, -0.2) is 0 Å². The van der Waals surface area contributed by atoms with E-state index < -0.39 is 28.4 Å². The molecule has 1 aromatic rings. The van der Waals surface area contributed by atoms with E-state index in [1.54, 1.807) is 0 Å². The van der Waals surface area contributed by atoms with Crippen LogP contribution < -0.4 is 5.56 Å². The average molecular weight is 260 g/mol. The molecule has 1 heterocycles. The van der Waals surface area contributed by atoms with Crippen molar-refractivity contribution in [1.82, 2.24) is 4.98 Å². The number of rotatable bonds is 4. The molecular formula is C9H12N2O5S. The molecule has 0 radical (unpaired) electrons. The second kappa shape index (κ2) is 5.30. The van der Waals surface area contributed by atoms with Gasteiger partial charge < -0.3 is 15.2 Å². The van der Waals surface area contributed by atoms with Gasteiger partial charge in [-0.05, 0) is 6.92 Å². The van der Waals surface area contributed by atoms with E-state index in [4.69, 9.17) is 0 Å². The Balaban J connectivity index is 3.33. The lowest BCUT2D eigenvalue weighted by Gasteiger charge is -2.17. The molecule has 0 aliphatic carbocycles. The summed E-state index contributed by atoms with van der Waals surface area (Å²) in [6.45, 7) is 1.34. The molecule has 94 valence electrons. The highest BCUT2D eigenvalue weighted by Crippen LogP contribution is 2.24. The number of nitro groups is 1. The summed E-state index contributed by atoms with van der Waals surface area (Å²) in [6.07, 6.45) is -1.34. The molecule has 17 heavy (non-hydrogen) atoms. The van der Waals surface area contributed by atoms with E-state index in [0.717, 1.165) is 6.20 Å². The van der Waals surface area contributed by atoms with Crippen LogP contribution in [0.5, 0.6) is 0 Å². The van der Waals surface area contributed by atoms with Crippen molar-refractivity contribution in [1.29, 1.82) is 0 Å². The van der Waals surface area contributed by atoms with Crippen LogP contribution >= 0.6 is 12.6 Å². The molecule has 0 spiro atoms. The summed E-state index contributed by atoms with van der Waals surface area (Å²) in [5.41, 5.74) is -1.33. The third kappa shape index (κ3) is 2.65. The molecule has 7 nitrogen and oxygen atoms in total. The van der Waals surface area contributed by atoms with Gasteiger partial charge in [-0.1, -0.05) is 0 Å². The predicted molar refractivity (Wildman–Crippen MR) is 63.3 cm³/mol. The van der Waals surface area contributed by atoms with Crippen LogP contribution in [-0.4, -0.2) is 32.0 Å². The monoisotopic (exact) mass is 260 g/mol. The Morgan fingerprint density at radius 3 is 2.65 bits per heavy atom. The summed E-state index contributed by atoms with van der Waals surface area (Å²) < 4.78 is 0. The van der Waals surface area contributed by atoms with Crippen LogP contribution in [0.4, 0.5) is 5.69 Å². The van der Waals surface area contributed by atoms with Crippen LogP contribution in [0.2, 0.25) is 0 Å². The average Bonchev–Trinajstić information content (AvgIpc) is 2.27. The highest BCUT2D eigenvalue weighted by atomic mass is 32.1. The van der Waals surface area contributed by atoms with E-state index in [1.165, 1.54) is 6.92 Å². The Labute approximate surface area is 102 Å². The summed E-state index contributed by atoms with van der Waals surface area (Å²) in [4.78, 5) is 23.3. The fraction of sp³-hybridized carbons (Fsp3) is 0.444. The maximum absolute atomic E-state index is 11.2. The third-order valence-corrected chi connectivity index (χ3v) is 2.79. The number of aromatic amines is 1. The van der Waals surface area contributed by atoms with E-state index in [1.807, 2.05) is 0 Å². The molecule has 0 fully saturated rings. The first-order chi connectivity index (χ1) is 7.90. The van der Waals surface area contributed by atoms with Gasteiger partial charge in [-0.3, -0.25) is 14.9 Å². The molecule has 3 N–H and O–H groups in total. The molecule has 0 aliphatic heterocycles. The quantitative estimate of drug-likeness (QED) is 0.343. The van der Waals surface area contributed by atoms with Crippen molar-refractivity contribution in [2.45, 2.75) is 19.1 Å². The summed E-state index contributed by atoms with van der Waals surface area (Å²) >= 11 is 3.81. The molecule has 8 heteroatoms. The molecule has 1 rings (SSSR count). The van der Waals surface area contributed by atoms with Crippen molar-refractivity contribution in [3.63, 3.8) is 0 Å². The lowest BCUT2D eigenvalue weighted by atomic mass is 10.0. The molecule has 0 saturated heterocycles. The number of hydrogen-bond acceptors (Lipinski definition) is 6.